The highest BCUT2D eigenvalue weighted by Gasteiger charge is 2.13. The van der Waals surface area contributed by atoms with Gasteiger partial charge in [-0.25, -0.2) is 0 Å². The van der Waals surface area contributed by atoms with Gasteiger partial charge in [0, 0.05) is 23.8 Å². The van der Waals surface area contributed by atoms with Crippen molar-refractivity contribution in [3.05, 3.63) is 70.2 Å². The van der Waals surface area contributed by atoms with Crippen LogP contribution in [0.15, 0.2) is 54.6 Å². The van der Waals surface area contributed by atoms with Gasteiger partial charge in [0.1, 0.15) is 15.8 Å². The summed E-state index contributed by atoms with van der Waals surface area (Å²) in [5.74, 6) is 0.255. The highest BCUT2D eigenvalue weighted by Crippen LogP contribution is 2.24. The Morgan fingerprint density at radius 2 is 1.78 bits per heavy atom. The van der Waals surface area contributed by atoms with E-state index in [-0.39, 0.29) is 5.75 Å². The average molecular weight is 346 g/mol. The van der Waals surface area contributed by atoms with Crippen molar-refractivity contribution in [2.45, 2.75) is 13.0 Å². The molecule has 0 amide bonds. The van der Waals surface area contributed by atoms with Gasteiger partial charge in [-0.15, -0.1) is 5.10 Å². The van der Waals surface area contributed by atoms with Gasteiger partial charge < -0.3 is 10.0 Å². The number of hydrogen-bond donors (Lipinski definition) is 1. The van der Waals surface area contributed by atoms with Crippen molar-refractivity contribution in [2.75, 3.05) is 11.4 Å². The fourth-order valence-electron chi connectivity index (χ4n) is 2.34. The molecule has 3 aromatic rings. The van der Waals surface area contributed by atoms with Crippen LogP contribution in [0.3, 0.4) is 0 Å². The third-order valence-electron chi connectivity index (χ3n) is 3.58. The van der Waals surface area contributed by atoms with Crippen LogP contribution in [0.2, 0.25) is 4.34 Å². The van der Waals surface area contributed by atoms with Gasteiger partial charge in [-0.05, 0) is 36.2 Å². The first-order valence-corrected chi connectivity index (χ1v) is 8.42. The molecule has 23 heavy (non-hydrogen) atoms. The Morgan fingerprint density at radius 3 is 2.43 bits per heavy atom. The van der Waals surface area contributed by atoms with E-state index in [2.05, 4.69) is 26.6 Å². The number of hydrogen-bond acceptors (Lipinski definition) is 5. The van der Waals surface area contributed by atoms with Crippen molar-refractivity contribution in [1.29, 1.82) is 0 Å². The monoisotopic (exact) mass is 345 g/mol. The van der Waals surface area contributed by atoms with Gasteiger partial charge in [0.2, 0.25) is 0 Å². The zero-order valence-electron chi connectivity index (χ0n) is 12.4. The molecule has 1 aromatic heterocycles. The van der Waals surface area contributed by atoms with Crippen molar-refractivity contribution < 1.29 is 5.11 Å². The van der Waals surface area contributed by atoms with Gasteiger partial charge in [0.15, 0.2) is 0 Å². The molecule has 0 radical (unpaired) electrons. The summed E-state index contributed by atoms with van der Waals surface area (Å²) in [6, 6.07) is 17.5. The summed E-state index contributed by atoms with van der Waals surface area (Å²) in [6.45, 7) is 1.41. The predicted octanol–water partition coefficient (Wildman–Crippen LogP) is 4.15. The summed E-state index contributed by atoms with van der Waals surface area (Å²) in [7, 11) is 0. The number of halogens is 1. The topological polar surface area (TPSA) is 49.2 Å². The molecule has 0 atom stereocenters. The zero-order valence-corrected chi connectivity index (χ0v) is 14.0. The molecule has 0 aliphatic carbocycles. The first kappa shape index (κ1) is 15.8. The summed E-state index contributed by atoms with van der Waals surface area (Å²) in [5.41, 5.74) is 3.07. The van der Waals surface area contributed by atoms with Gasteiger partial charge in [0.05, 0.1) is 6.54 Å². The predicted molar refractivity (Wildman–Crippen MR) is 94.2 cm³/mol. The fourth-order valence-corrected chi connectivity index (χ4v) is 2.96. The minimum absolute atomic E-state index is 0.255. The standard InChI is InChI=1S/C17H16ClN3OS/c18-17-16(19-20-23-17)12-21(14-6-8-15(22)9-7-14)11-10-13-4-2-1-3-5-13/h1-9,22H,10-12H2. The van der Waals surface area contributed by atoms with E-state index >= 15 is 0 Å². The molecule has 0 spiro atoms. The van der Waals surface area contributed by atoms with Crippen molar-refractivity contribution in [1.82, 2.24) is 9.59 Å². The Hall–Kier alpha value is -2.11. The maximum Gasteiger partial charge on any atom is 0.139 e. The molecule has 0 aliphatic rings. The molecule has 0 bridgehead atoms. The Labute approximate surface area is 144 Å². The lowest BCUT2D eigenvalue weighted by molar-refractivity contribution is 0.475. The van der Waals surface area contributed by atoms with E-state index in [9.17, 15) is 5.11 Å². The second-order valence-electron chi connectivity index (χ2n) is 5.17. The molecular weight excluding hydrogens is 330 g/mol. The molecule has 0 saturated heterocycles. The molecule has 2 aromatic carbocycles. The van der Waals surface area contributed by atoms with Crippen LogP contribution < -0.4 is 4.90 Å². The highest BCUT2D eigenvalue weighted by atomic mass is 35.5. The van der Waals surface area contributed by atoms with Crippen LogP contribution in [0.5, 0.6) is 5.75 Å². The number of nitrogens with zero attached hydrogens (tertiary/aromatic N) is 3. The molecule has 1 N–H and O–H groups in total. The number of phenols is 1. The molecule has 0 aliphatic heterocycles. The number of aromatic nitrogens is 2. The molecule has 118 valence electrons. The Kier molecular flexibility index (Phi) is 5.10. The van der Waals surface area contributed by atoms with Crippen molar-refractivity contribution in [3.8, 4) is 5.75 Å². The summed E-state index contributed by atoms with van der Waals surface area (Å²) >= 11 is 7.34. The van der Waals surface area contributed by atoms with Crippen molar-refractivity contribution in [3.63, 3.8) is 0 Å². The normalized spacial score (nSPS) is 10.7. The highest BCUT2D eigenvalue weighted by molar-refractivity contribution is 7.10. The summed E-state index contributed by atoms with van der Waals surface area (Å²) < 4.78 is 4.51. The van der Waals surface area contributed by atoms with Crippen molar-refractivity contribution in [2.24, 2.45) is 0 Å². The van der Waals surface area contributed by atoms with Crippen LogP contribution >= 0.6 is 23.1 Å². The van der Waals surface area contributed by atoms with Gasteiger partial charge >= 0.3 is 0 Å². The number of aromatic hydroxyl groups is 1. The minimum Gasteiger partial charge on any atom is -0.508 e. The smallest absolute Gasteiger partial charge is 0.139 e. The molecule has 0 fully saturated rings. The lowest BCUT2D eigenvalue weighted by atomic mass is 10.1. The largest absolute Gasteiger partial charge is 0.508 e. The van der Waals surface area contributed by atoms with Crippen LogP contribution in [-0.4, -0.2) is 21.2 Å². The number of benzene rings is 2. The number of rotatable bonds is 6. The van der Waals surface area contributed by atoms with E-state index in [0.717, 1.165) is 24.3 Å². The summed E-state index contributed by atoms with van der Waals surface area (Å²) in [4.78, 5) is 2.19. The minimum atomic E-state index is 0.255. The molecule has 3 rings (SSSR count). The van der Waals surface area contributed by atoms with E-state index in [0.29, 0.717) is 10.9 Å². The van der Waals surface area contributed by atoms with Crippen LogP contribution in [0.25, 0.3) is 0 Å². The lowest BCUT2D eigenvalue weighted by Gasteiger charge is -2.24. The van der Waals surface area contributed by atoms with E-state index in [1.54, 1.807) is 12.1 Å². The van der Waals surface area contributed by atoms with Gasteiger partial charge in [0.25, 0.3) is 0 Å². The Balaban J connectivity index is 1.78. The number of phenolic OH excluding ortho intramolecular Hbond substituents is 1. The maximum atomic E-state index is 9.49. The average Bonchev–Trinajstić information content (AvgIpc) is 2.98. The molecule has 1 heterocycles. The SMILES string of the molecule is Oc1ccc(N(CCc2ccccc2)Cc2nnsc2Cl)cc1. The maximum absolute atomic E-state index is 9.49. The van der Waals surface area contributed by atoms with Crippen LogP contribution in [-0.2, 0) is 13.0 Å². The second kappa shape index (κ2) is 7.44. The first-order valence-electron chi connectivity index (χ1n) is 7.27. The Morgan fingerprint density at radius 1 is 1.04 bits per heavy atom. The third-order valence-corrected chi connectivity index (χ3v) is 4.56. The molecular formula is C17H16ClN3OS. The molecule has 0 unspecified atom stereocenters. The first-order chi connectivity index (χ1) is 11.2. The summed E-state index contributed by atoms with van der Waals surface area (Å²) in [5, 5.41) is 13.6. The van der Waals surface area contributed by atoms with Crippen molar-refractivity contribution >= 4 is 28.8 Å². The van der Waals surface area contributed by atoms with Crippen LogP contribution in [0, 0.1) is 0 Å². The van der Waals surface area contributed by atoms with E-state index < -0.39 is 0 Å². The summed E-state index contributed by atoms with van der Waals surface area (Å²) in [6.07, 6.45) is 0.914. The van der Waals surface area contributed by atoms with Gasteiger partial charge in [-0.3, -0.25) is 0 Å². The molecule has 0 saturated carbocycles. The zero-order chi connectivity index (χ0) is 16.1. The fraction of sp³-hybridized carbons (Fsp3) is 0.176. The van der Waals surface area contributed by atoms with E-state index in [4.69, 9.17) is 11.6 Å². The Bertz CT molecular complexity index is 746. The van der Waals surface area contributed by atoms with Crippen LogP contribution in [0.1, 0.15) is 11.3 Å². The van der Waals surface area contributed by atoms with Crippen LogP contribution in [0.4, 0.5) is 5.69 Å². The quantitative estimate of drug-likeness (QED) is 0.729. The molecule has 6 heteroatoms. The molecule has 4 nitrogen and oxygen atoms in total. The van der Waals surface area contributed by atoms with Gasteiger partial charge in [-0.2, -0.15) is 0 Å². The second-order valence-corrected chi connectivity index (χ2v) is 6.52. The third kappa shape index (κ3) is 4.21. The van der Waals surface area contributed by atoms with Gasteiger partial charge in [-0.1, -0.05) is 46.4 Å². The van der Waals surface area contributed by atoms with E-state index in [1.807, 2.05) is 30.3 Å². The lowest BCUT2D eigenvalue weighted by Crippen LogP contribution is -2.25. The van der Waals surface area contributed by atoms with E-state index in [1.165, 1.54) is 17.1 Å². The number of anilines is 1.